The van der Waals surface area contributed by atoms with Crippen molar-refractivity contribution >= 4 is 57.2 Å². The molecule has 0 unspecified atom stereocenters. The zero-order chi connectivity index (χ0) is 20.9. The fraction of sp³-hybridized carbons (Fsp3) is 0.0400. The van der Waals surface area contributed by atoms with Gasteiger partial charge in [0.1, 0.15) is 16.8 Å². The van der Waals surface area contributed by atoms with Crippen LogP contribution in [0.25, 0.3) is 0 Å². The predicted octanol–water partition coefficient (Wildman–Crippen LogP) is 5.48. The van der Waals surface area contributed by atoms with Gasteiger partial charge in [0.25, 0.3) is 0 Å². The van der Waals surface area contributed by atoms with Gasteiger partial charge in [0.05, 0.1) is 0 Å². The van der Waals surface area contributed by atoms with Crippen molar-refractivity contribution in [1.82, 2.24) is 4.86 Å². The molecule has 4 aromatic rings. The summed E-state index contributed by atoms with van der Waals surface area (Å²) in [5.41, 5.74) is 0. The zero-order valence-electron chi connectivity index (χ0n) is 16.8. The Hall–Kier alpha value is -1.73. The molecule has 4 aromatic carbocycles. The van der Waals surface area contributed by atoms with Crippen LogP contribution in [0, 0.1) is 0 Å². The molecule has 0 fully saturated rings. The number of benzene rings is 4. The van der Waals surface area contributed by atoms with Crippen molar-refractivity contribution in [1.29, 1.82) is 0 Å². The fourth-order valence-electron chi connectivity index (χ4n) is 3.53. The lowest BCUT2D eigenvalue weighted by Crippen LogP contribution is -2.35. The topological polar surface area (TPSA) is 12.0 Å². The van der Waals surface area contributed by atoms with E-state index in [1.165, 1.54) is 21.2 Å². The summed E-state index contributed by atoms with van der Waals surface area (Å²) in [6.45, 7) is -2.02. The Kier molecular flexibility index (Phi) is 6.88. The Morgan fingerprint density at radius 2 is 0.933 bits per heavy atom. The van der Waals surface area contributed by atoms with Crippen LogP contribution in [0.3, 0.4) is 0 Å². The fourth-order valence-corrected chi connectivity index (χ4v) is 16.8. The molecular weight excluding hydrogens is 440 g/mol. The van der Waals surface area contributed by atoms with E-state index in [4.69, 9.17) is 11.8 Å². The van der Waals surface area contributed by atoms with Crippen LogP contribution in [-0.2, 0) is 11.8 Å². The Bertz CT molecular complexity index is 1040. The van der Waals surface area contributed by atoms with Gasteiger partial charge < -0.3 is 0 Å². The van der Waals surface area contributed by atoms with Crippen LogP contribution in [-0.4, -0.2) is 6.26 Å². The summed E-state index contributed by atoms with van der Waals surface area (Å²) < 4.78 is 0. The number of nitrogens with one attached hydrogen (secondary N) is 1. The molecule has 0 aliphatic heterocycles. The first-order valence-electron chi connectivity index (χ1n) is 9.76. The van der Waals surface area contributed by atoms with Gasteiger partial charge in [-0.2, -0.15) is 0 Å². The minimum Gasteiger partial charge on any atom is -0.135 e. The molecule has 30 heavy (non-hydrogen) atoms. The maximum absolute atomic E-state index is 6.56. The minimum absolute atomic E-state index is 1.19. The van der Waals surface area contributed by atoms with Crippen LogP contribution in [0.4, 0.5) is 0 Å². The third-order valence-corrected chi connectivity index (χ3v) is 17.6. The molecule has 0 aliphatic rings. The lowest BCUT2D eigenvalue weighted by molar-refractivity contribution is 1.60. The molecule has 0 saturated heterocycles. The van der Waals surface area contributed by atoms with Gasteiger partial charge in [0, 0.05) is 28.2 Å². The van der Waals surface area contributed by atoms with Gasteiger partial charge in [0.15, 0.2) is 0 Å². The largest absolute Gasteiger partial charge is 0.209 e. The van der Waals surface area contributed by atoms with Crippen LogP contribution in [0.1, 0.15) is 0 Å². The van der Waals surface area contributed by atoms with E-state index in [1.54, 1.807) is 0 Å². The average Bonchev–Trinajstić information content (AvgIpc) is 2.85. The molecule has 0 radical (unpaired) electrons. The first kappa shape index (κ1) is 21.5. The SMILES string of the molecule is CS[P+](NP(=S)(c1ccccc1)c1ccccc1)(c1ccccc1)c1ccccc1. The molecule has 0 amide bonds. The van der Waals surface area contributed by atoms with Crippen LogP contribution in [0.5, 0.6) is 0 Å². The van der Waals surface area contributed by atoms with E-state index in [0.717, 1.165) is 0 Å². The normalized spacial score (nSPS) is 11.9. The third kappa shape index (κ3) is 4.19. The van der Waals surface area contributed by atoms with Crippen LogP contribution in [0.15, 0.2) is 121 Å². The highest BCUT2D eigenvalue weighted by atomic mass is 32.7. The second-order valence-corrected chi connectivity index (χ2v) is 16.9. The Labute approximate surface area is 189 Å². The number of hydrogen-bond acceptors (Lipinski definition) is 2. The molecule has 0 aliphatic carbocycles. The van der Waals surface area contributed by atoms with E-state index >= 15 is 0 Å². The molecule has 0 aromatic heterocycles. The summed E-state index contributed by atoms with van der Waals surface area (Å²) in [5, 5.41) is 5.00. The second kappa shape index (κ2) is 9.60. The monoisotopic (exact) mass is 464 g/mol. The summed E-state index contributed by atoms with van der Waals surface area (Å²) in [5.74, 6) is 0. The standard InChI is InChI=1S/C25H24NP2S2/c1-30-28(24-18-10-4-11-19-24,25-20-12-5-13-21-25)26-27(29,22-14-6-2-7-15-22)23-16-8-3-9-17-23/h2-21H,1H3,(H,26,29)/q+1. The van der Waals surface area contributed by atoms with E-state index < -0.39 is 12.8 Å². The molecule has 150 valence electrons. The van der Waals surface area contributed by atoms with Crippen molar-refractivity contribution in [3.8, 4) is 0 Å². The first-order valence-corrected chi connectivity index (χ1v) is 16.2. The van der Waals surface area contributed by atoms with Crippen molar-refractivity contribution in [3.05, 3.63) is 121 Å². The van der Waals surface area contributed by atoms with Gasteiger partial charge in [-0.25, -0.2) is 0 Å². The van der Waals surface area contributed by atoms with E-state index in [1.807, 2.05) is 11.4 Å². The summed E-state index contributed by atoms with van der Waals surface area (Å²) in [7, 11) is 0. The van der Waals surface area contributed by atoms with Crippen molar-refractivity contribution in [2.75, 3.05) is 6.26 Å². The summed E-state index contributed by atoms with van der Waals surface area (Å²) in [6, 6.07) is 42.8. The predicted molar refractivity (Wildman–Crippen MR) is 142 cm³/mol. The molecule has 0 atom stereocenters. The molecule has 5 heteroatoms. The molecule has 4 rings (SSSR count). The smallest absolute Gasteiger partial charge is 0.135 e. The maximum Gasteiger partial charge on any atom is 0.209 e. The van der Waals surface area contributed by atoms with Gasteiger partial charge >= 0.3 is 0 Å². The average molecular weight is 465 g/mol. The maximum atomic E-state index is 6.56. The van der Waals surface area contributed by atoms with Gasteiger partial charge in [-0.1, -0.05) is 109 Å². The molecule has 1 nitrogen and oxygen atoms in total. The van der Waals surface area contributed by atoms with E-state index in [2.05, 4.69) is 132 Å². The summed E-state index contributed by atoms with van der Waals surface area (Å²) in [6.07, 6.45) is -0.0764. The van der Waals surface area contributed by atoms with E-state index in [-0.39, 0.29) is 0 Å². The van der Waals surface area contributed by atoms with Crippen molar-refractivity contribution in [2.24, 2.45) is 0 Å². The molecule has 0 spiro atoms. The lowest BCUT2D eigenvalue weighted by atomic mass is 10.4. The number of hydrogen-bond donors (Lipinski definition) is 1. The molecule has 0 saturated carbocycles. The summed E-state index contributed by atoms with van der Waals surface area (Å²) >= 11 is 8.46. The highest BCUT2D eigenvalue weighted by molar-refractivity contribution is 8.67. The molecule has 0 heterocycles. The Morgan fingerprint density at radius 1 is 0.600 bits per heavy atom. The lowest BCUT2D eigenvalue weighted by Gasteiger charge is -2.32. The van der Waals surface area contributed by atoms with Gasteiger partial charge in [-0.3, -0.25) is 0 Å². The van der Waals surface area contributed by atoms with Gasteiger partial charge in [-0.15, -0.1) is 4.86 Å². The summed E-state index contributed by atoms with van der Waals surface area (Å²) in [4.78, 5) is 4.16. The van der Waals surface area contributed by atoms with Crippen LogP contribution in [0.2, 0.25) is 0 Å². The van der Waals surface area contributed by atoms with Crippen molar-refractivity contribution < 1.29 is 0 Å². The zero-order valence-corrected chi connectivity index (χ0v) is 20.2. The van der Waals surface area contributed by atoms with Crippen LogP contribution >= 0.6 is 24.2 Å². The van der Waals surface area contributed by atoms with Crippen molar-refractivity contribution in [2.45, 2.75) is 0 Å². The van der Waals surface area contributed by atoms with Crippen molar-refractivity contribution in [3.63, 3.8) is 0 Å². The Morgan fingerprint density at radius 3 is 1.27 bits per heavy atom. The molecular formula is C25H24NP2S2+. The highest BCUT2D eigenvalue weighted by Crippen LogP contribution is 2.68. The second-order valence-electron chi connectivity index (χ2n) is 6.84. The quantitative estimate of drug-likeness (QED) is 0.364. The minimum atomic E-state index is -2.28. The molecule has 0 bridgehead atoms. The van der Waals surface area contributed by atoms with E-state index in [9.17, 15) is 0 Å². The third-order valence-electron chi connectivity index (χ3n) is 5.03. The number of rotatable bonds is 7. The molecule has 1 N–H and O–H groups in total. The first-order chi connectivity index (χ1) is 14.7. The van der Waals surface area contributed by atoms with E-state index in [0.29, 0.717) is 0 Å². The highest BCUT2D eigenvalue weighted by Gasteiger charge is 2.48. The van der Waals surface area contributed by atoms with Gasteiger partial charge in [-0.05, 0) is 24.3 Å². The van der Waals surface area contributed by atoms with Gasteiger partial charge in [0.2, 0.25) is 6.62 Å². The van der Waals surface area contributed by atoms with Crippen LogP contribution < -0.4 is 26.1 Å². The Balaban J connectivity index is 1.96.